The number of H-pyrrole nitrogens is 1. The molecule has 7 nitrogen and oxygen atoms in total. The van der Waals surface area contributed by atoms with E-state index in [1.54, 1.807) is 30.5 Å². The highest BCUT2D eigenvalue weighted by Gasteiger charge is 2.07. The lowest BCUT2D eigenvalue weighted by molar-refractivity contribution is 0.555. The van der Waals surface area contributed by atoms with Crippen molar-refractivity contribution in [1.29, 1.82) is 0 Å². The molecule has 0 saturated heterocycles. The minimum atomic E-state index is -0.483. The minimum absolute atomic E-state index is 0.443. The third-order valence-corrected chi connectivity index (χ3v) is 3.97. The monoisotopic (exact) mass is 367 g/mol. The van der Waals surface area contributed by atoms with Crippen molar-refractivity contribution in [3.05, 3.63) is 69.8 Å². The van der Waals surface area contributed by atoms with E-state index in [0.717, 1.165) is 16.9 Å². The number of hydrogen-bond donors (Lipinski definition) is 3. The average Bonchev–Trinajstić information content (AvgIpc) is 2.97. The molecule has 0 amide bonds. The number of aromatic amines is 1. The lowest BCUT2D eigenvalue weighted by Gasteiger charge is -2.11. The number of aromatic nitrogens is 3. The van der Waals surface area contributed by atoms with Gasteiger partial charge in [0.25, 0.3) is 0 Å². The molecule has 8 heteroatoms. The van der Waals surface area contributed by atoms with E-state index in [0.29, 0.717) is 27.9 Å². The van der Waals surface area contributed by atoms with Crippen LogP contribution < -0.4 is 16.4 Å². The van der Waals surface area contributed by atoms with Crippen LogP contribution in [-0.4, -0.2) is 15.0 Å². The smallest absolute Gasteiger partial charge is 0.408 e. The van der Waals surface area contributed by atoms with Crippen LogP contribution in [0.3, 0.4) is 0 Å². The predicted molar refractivity (Wildman–Crippen MR) is 102 cm³/mol. The van der Waals surface area contributed by atoms with Crippen LogP contribution in [0.15, 0.2) is 57.9 Å². The molecule has 0 bridgehead atoms. The van der Waals surface area contributed by atoms with Gasteiger partial charge in [-0.3, -0.25) is 4.98 Å². The van der Waals surface area contributed by atoms with E-state index in [1.807, 2.05) is 25.1 Å². The maximum Gasteiger partial charge on any atom is 0.417 e. The third-order valence-electron chi connectivity index (χ3n) is 3.73. The van der Waals surface area contributed by atoms with Crippen LogP contribution >= 0.6 is 11.6 Å². The van der Waals surface area contributed by atoms with Gasteiger partial charge in [0.15, 0.2) is 5.58 Å². The third kappa shape index (κ3) is 3.38. The van der Waals surface area contributed by atoms with Crippen LogP contribution in [0.2, 0.25) is 5.02 Å². The summed E-state index contributed by atoms with van der Waals surface area (Å²) in [5.41, 5.74) is 3.56. The molecule has 4 aromatic rings. The summed E-state index contributed by atoms with van der Waals surface area (Å²) in [6.07, 6.45) is 1.72. The number of aryl methyl sites for hydroxylation is 1. The maximum atomic E-state index is 11.3. The molecular formula is C18H14ClN5O2. The molecule has 0 saturated carbocycles. The van der Waals surface area contributed by atoms with Crippen molar-refractivity contribution in [3.63, 3.8) is 0 Å². The molecule has 0 unspecified atom stereocenters. The van der Waals surface area contributed by atoms with Crippen molar-refractivity contribution in [1.82, 2.24) is 15.0 Å². The van der Waals surface area contributed by atoms with Gasteiger partial charge in [0.05, 0.1) is 5.52 Å². The van der Waals surface area contributed by atoms with Gasteiger partial charge in [-0.2, -0.15) is 4.98 Å². The van der Waals surface area contributed by atoms with E-state index in [4.69, 9.17) is 16.0 Å². The summed E-state index contributed by atoms with van der Waals surface area (Å²) in [7, 11) is 0. The Labute approximate surface area is 153 Å². The summed E-state index contributed by atoms with van der Waals surface area (Å²) < 4.78 is 5.01. The Bertz CT molecular complexity index is 1150. The fraction of sp³-hybridized carbons (Fsp3) is 0.0556. The Hall–Kier alpha value is -3.32. The summed E-state index contributed by atoms with van der Waals surface area (Å²) >= 11 is 6.00. The Balaban J connectivity index is 1.61. The van der Waals surface area contributed by atoms with E-state index >= 15 is 0 Å². The van der Waals surface area contributed by atoms with Gasteiger partial charge in [-0.15, -0.1) is 0 Å². The predicted octanol–water partition coefficient (Wildman–Crippen LogP) is 4.36. The van der Waals surface area contributed by atoms with E-state index in [1.165, 1.54) is 0 Å². The van der Waals surface area contributed by atoms with Crippen molar-refractivity contribution in [3.8, 4) is 0 Å². The second kappa shape index (κ2) is 6.53. The second-order valence-electron chi connectivity index (χ2n) is 5.71. The van der Waals surface area contributed by atoms with Gasteiger partial charge in [-0.25, -0.2) is 9.78 Å². The number of benzene rings is 2. The number of fused-ring (bicyclic) bond motifs is 1. The molecular weight excluding hydrogens is 354 g/mol. The highest BCUT2D eigenvalue weighted by molar-refractivity contribution is 6.30. The first-order valence-corrected chi connectivity index (χ1v) is 8.21. The number of oxazole rings is 1. The van der Waals surface area contributed by atoms with Crippen molar-refractivity contribution in [2.75, 3.05) is 10.6 Å². The number of nitrogens with zero attached hydrogens (tertiary/aromatic N) is 2. The minimum Gasteiger partial charge on any atom is -0.408 e. The molecule has 0 aliphatic heterocycles. The van der Waals surface area contributed by atoms with Crippen LogP contribution in [0, 0.1) is 6.92 Å². The number of hydrogen-bond acceptors (Lipinski definition) is 6. The SMILES string of the molecule is Cc1cnc(Nc2cccc(Cl)c2)nc1Nc1ccc2oc(=O)[nH]c2c1. The molecule has 0 radical (unpaired) electrons. The molecule has 4 rings (SSSR count). The van der Waals surface area contributed by atoms with Crippen molar-refractivity contribution >= 4 is 45.8 Å². The summed E-state index contributed by atoms with van der Waals surface area (Å²) in [5, 5.41) is 6.98. The highest BCUT2D eigenvalue weighted by Crippen LogP contribution is 2.24. The van der Waals surface area contributed by atoms with E-state index in [9.17, 15) is 4.79 Å². The zero-order chi connectivity index (χ0) is 18.1. The topological polar surface area (TPSA) is 95.8 Å². The first kappa shape index (κ1) is 16.2. The molecule has 130 valence electrons. The van der Waals surface area contributed by atoms with Gasteiger partial charge in [-0.1, -0.05) is 17.7 Å². The molecule has 0 aliphatic rings. The zero-order valence-corrected chi connectivity index (χ0v) is 14.5. The van der Waals surface area contributed by atoms with Crippen LogP contribution in [0.25, 0.3) is 11.1 Å². The molecule has 2 aromatic carbocycles. The summed E-state index contributed by atoms with van der Waals surface area (Å²) in [4.78, 5) is 22.7. The first-order chi connectivity index (χ1) is 12.6. The molecule has 0 atom stereocenters. The fourth-order valence-electron chi connectivity index (χ4n) is 2.49. The van der Waals surface area contributed by atoms with Crippen molar-refractivity contribution < 1.29 is 4.42 Å². The molecule has 26 heavy (non-hydrogen) atoms. The zero-order valence-electron chi connectivity index (χ0n) is 13.7. The largest absolute Gasteiger partial charge is 0.417 e. The quantitative estimate of drug-likeness (QED) is 0.496. The summed E-state index contributed by atoms with van der Waals surface area (Å²) in [5.74, 6) is 0.608. The Morgan fingerprint density at radius 1 is 1.12 bits per heavy atom. The molecule has 3 N–H and O–H groups in total. The van der Waals surface area contributed by atoms with Crippen LogP contribution in [-0.2, 0) is 0 Å². The Morgan fingerprint density at radius 3 is 2.81 bits per heavy atom. The standard InChI is InChI=1S/C18H14ClN5O2/c1-10-9-20-17(22-12-4-2-3-11(19)7-12)24-16(10)21-13-5-6-15-14(8-13)23-18(25)26-15/h2-9H,1H3,(H,23,25)(H2,20,21,22,24). The number of halogens is 1. The van der Waals surface area contributed by atoms with Gasteiger partial charge in [0, 0.05) is 28.2 Å². The normalized spacial score (nSPS) is 10.8. The van der Waals surface area contributed by atoms with E-state index in [2.05, 4.69) is 25.6 Å². The fourth-order valence-corrected chi connectivity index (χ4v) is 2.68. The maximum absolute atomic E-state index is 11.3. The van der Waals surface area contributed by atoms with Gasteiger partial charge in [0.2, 0.25) is 5.95 Å². The number of rotatable bonds is 4. The molecule has 0 aliphatic carbocycles. The van der Waals surface area contributed by atoms with Gasteiger partial charge >= 0.3 is 5.76 Å². The highest BCUT2D eigenvalue weighted by atomic mass is 35.5. The number of anilines is 4. The Kier molecular flexibility index (Phi) is 4.06. The van der Waals surface area contributed by atoms with Gasteiger partial charge < -0.3 is 15.1 Å². The Morgan fingerprint density at radius 2 is 1.96 bits per heavy atom. The summed E-state index contributed by atoms with van der Waals surface area (Å²) in [6.45, 7) is 1.91. The molecule has 0 spiro atoms. The van der Waals surface area contributed by atoms with Gasteiger partial charge in [0.1, 0.15) is 5.82 Å². The molecule has 2 aromatic heterocycles. The molecule has 2 heterocycles. The summed E-state index contributed by atoms with van der Waals surface area (Å²) in [6, 6.07) is 12.6. The van der Waals surface area contributed by atoms with Crippen molar-refractivity contribution in [2.24, 2.45) is 0 Å². The lowest BCUT2D eigenvalue weighted by Crippen LogP contribution is -2.02. The first-order valence-electron chi connectivity index (χ1n) is 7.83. The van der Waals surface area contributed by atoms with Crippen LogP contribution in [0.5, 0.6) is 0 Å². The van der Waals surface area contributed by atoms with Gasteiger partial charge in [-0.05, 0) is 43.3 Å². The van der Waals surface area contributed by atoms with E-state index in [-0.39, 0.29) is 0 Å². The molecule has 0 fully saturated rings. The van der Waals surface area contributed by atoms with E-state index < -0.39 is 5.76 Å². The lowest BCUT2D eigenvalue weighted by atomic mass is 10.2. The average molecular weight is 368 g/mol. The number of nitrogens with one attached hydrogen (secondary N) is 3. The van der Waals surface area contributed by atoms with Crippen molar-refractivity contribution in [2.45, 2.75) is 6.92 Å². The second-order valence-corrected chi connectivity index (χ2v) is 6.15. The van der Waals surface area contributed by atoms with Crippen LogP contribution in [0.4, 0.5) is 23.1 Å². The van der Waals surface area contributed by atoms with Crippen LogP contribution in [0.1, 0.15) is 5.56 Å².